The molecule has 1 heteroatoms. The second-order valence-electron chi connectivity index (χ2n) is 4.38. The fourth-order valence-electron chi connectivity index (χ4n) is 2.45. The van der Waals surface area contributed by atoms with Gasteiger partial charge >= 0.3 is 0 Å². The molecule has 0 aromatic heterocycles. The molecule has 1 aliphatic carbocycles. The summed E-state index contributed by atoms with van der Waals surface area (Å²) in [7, 11) is 0. The van der Waals surface area contributed by atoms with Crippen LogP contribution < -0.4 is 0 Å². The second kappa shape index (κ2) is 2.17. The third-order valence-corrected chi connectivity index (χ3v) is 5.03. The van der Waals surface area contributed by atoms with Gasteiger partial charge in [-0.05, 0) is 29.9 Å². The van der Waals surface area contributed by atoms with Crippen LogP contribution in [0.2, 0.25) is 0 Å². The van der Waals surface area contributed by atoms with E-state index in [1.165, 1.54) is 25.0 Å². The van der Waals surface area contributed by atoms with Crippen molar-refractivity contribution in [2.24, 2.45) is 11.3 Å². The van der Waals surface area contributed by atoms with E-state index in [0.29, 0.717) is 5.41 Å². The molecular formula is C9H16S. The number of hydrogen-bond donors (Lipinski definition) is 0. The summed E-state index contributed by atoms with van der Waals surface area (Å²) in [4.78, 5) is 0. The molecule has 0 N–H and O–H groups in total. The number of thioether (sulfide) groups is 1. The Morgan fingerprint density at radius 3 is 2.80 bits per heavy atom. The molecule has 0 bridgehead atoms. The van der Waals surface area contributed by atoms with Crippen LogP contribution in [0.15, 0.2) is 0 Å². The van der Waals surface area contributed by atoms with Crippen molar-refractivity contribution >= 4 is 11.8 Å². The molecule has 0 nitrogen and oxygen atoms in total. The molecule has 0 amide bonds. The van der Waals surface area contributed by atoms with Crippen molar-refractivity contribution in [1.29, 1.82) is 0 Å². The van der Waals surface area contributed by atoms with Crippen molar-refractivity contribution in [3.8, 4) is 0 Å². The molecule has 0 aromatic carbocycles. The zero-order valence-corrected chi connectivity index (χ0v) is 7.71. The first-order valence-corrected chi connectivity index (χ1v) is 5.37. The van der Waals surface area contributed by atoms with Gasteiger partial charge in [0.05, 0.1) is 0 Å². The lowest BCUT2D eigenvalue weighted by molar-refractivity contribution is 0.277. The summed E-state index contributed by atoms with van der Waals surface area (Å²) in [6.45, 7) is 4.88. The highest BCUT2D eigenvalue weighted by molar-refractivity contribution is 8.00. The summed E-state index contributed by atoms with van der Waals surface area (Å²) < 4.78 is 0. The summed E-state index contributed by atoms with van der Waals surface area (Å²) >= 11 is 2.22. The fourth-order valence-corrected chi connectivity index (χ4v) is 4.38. The van der Waals surface area contributed by atoms with E-state index in [-0.39, 0.29) is 0 Å². The Morgan fingerprint density at radius 2 is 2.10 bits per heavy atom. The van der Waals surface area contributed by atoms with E-state index in [2.05, 4.69) is 25.6 Å². The molecular weight excluding hydrogens is 140 g/mol. The van der Waals surface area contributed by atoms with E-state index in [0.717, 1.165) is 11.2 Å². The highest BCUT2D eigenvalue weighted by Gasteiger charge is 2.44. The molecule has 2 fully saturated rings. The molecule has 1 saturated carbocycles. The van der Waals surface area contributed by atoms with Crippen LogP contribution in [-0.2, 0) is 0 Å². The highest BCUT2D eigenvalue weighted by Crippen LogP contribution is 2.53. The zero-order valence-electron chi connectivity index (χ0n) is 6.89. The summed E-state index contributed by atoms with van der Waals surface area (Å²) in [5, 5.41) is 1.04. The Hall–Kier alpha value is 0.350. The van der Waals surface area contributed by atoms with E-state index >= 15 is 0 Å². The van der Waals surface area contributed by atoms with Gasteiger partial charge in [-0.1, -0.05) is 20.3 Å². The Morgan fingerprint density at radius 1 is 1.30 bits per heavy atom. The van der Waals surface area contributed by atoms with E-state index in [4.69, 9.17) is 0 Å². The largest absolute Gasteiger partial charge is 0.158 e. The van der Waals surface area contributed by atoms with Crippen LogP contribution in [0.5, 0.6) is 0 Å². The predicted molar refractivity (Wildman–Crippen MR) is 47.4 cm³/mol. The molecule has 1 saturated heterocycles. The van der Waals surface area contributed by atoms with Crippen molar-refractivity contribution in [3.63, 3.8) is 0 Å². The Kier molecular flexibility index (Phi) is 1.52. The summed E-state index contributed by atoms with van der Waals surface area (Å²) in [5.41, 5.74) is 0.659. The number of fused-ring (bicyclic) bond motifs is 1. The molecule has 0 radical (unpaired) electrons. The Balaban J connectivity index is 2.16. The third kappa shape index (κ3) is 0.903. The minimum absolute atomic E-state index is 0.659. The second-order valence-corrected chi connectivity index (χ2v) is 5.60. The van der Waals surface area contributed by atoms with Gasteiger partial charge in [0.2, 0.25) is 0 Å². The first kappa shape index (κ1) is 7.02. The maximum atomic E-state index is 2.44. The molecule has 58 valence electrons. The molecule has 10 heavy (non-hydrogen) atoms. The maximum absolute atomic E-state index is 2.44. The predicted octanol–water partition coefficient (Wildman–Crippen LogP) is 2.93. The van der Waals surface area contributed by atoms with Crippen LogP contribution in [0.1, 0.15) is 33.1 Å². The van der Waals surface area contributed by atoms with Crippen LogP contribution >= 0.6 is 11.8 Å². The molecule has 2 rings (SSSR count). The molecule has 1 heterocycles. The summed E-state index contributed by atoms with van der Waals surface area (Å²) in [6.07, 6.45) is 4.50. The third-order valence-electron chi connectivity index (χ3n) is 3.13. The fraction of sp³-hybridized carbons (Fsp3) is 1.00. The van der Waals surface area contributed by atoms with E-state index in [9.17, 15) is 0 Å². The van der Waals surface area contributed by atoms with Crippen LogP contribution in [0.25, 0.3) is 0 Å². The number of hydrogen-bond acceptors (Lipinski definition) is 1. The normalized spacial score (nSPS) is 43.8. The van der Waals surface area contributed by atoms with Gasteiger partial charge in [0.15, 0.2) is 0 Å². The van der Waals surface area contributed by atoms with Gasteiger partial charge in [0.1, 0.15) is 0 Å². The van der Waals surface area contributed by atoms with Gasteiger partial charge in [0.25, 0.3) is 0 Å². The van der Waals surface area contributed by atoms with Crippen molar-refractivity contribution < 1.29 is 0 Å². The van der Waals surface area contributed by atoms with Gasteiger partial charge in [-0.2, -0.15) is 11.8 Å². The lowest BCUT2D eigenvalue weighted by atomic mass is 9.80. The standard InChI is InChI=1S/C9H16S/c1-9(2)6-10-8-5-3-4-7(8)9/h7-8H,3-6H2,1-2H3. The van der Waals surface area contributed by atoms with Gasteiger partial charge in [-0.3, -0.25) is 0 Å². The topological polar surface area (TPSA) is 0 Å². The van der Waals surface area contributed by atoms with E-state index < -0.39 is 0 Å². The van der Waals surface area contributed by atoms with Gasteiger partial charge in [-0.25, -0.2) is 0 Å². The first-order chi connectivity index (χ1) is 4.70. The van der Waals surface area contributed by atoms with Crippen molar-refractivity contribution in [2.75, 3.05) is 5.75 Å². The first-order valence-electron chi connectivity index (χ1n) is 4.32. The van der Waals surface area contributed by atoms with E-state index in [1.54, 1.807) is 0 Å². The quantitative estimate of drug-likeness (QED) is 0.519. The summed E-state index contributed by atoms with van der Waals surface area (Å²) in [5.74, 6) is 2.46. The van der Waals surface area contributed by atoms with Crippen LogP contribution in [0.3, 0.4) is 0 Å². The van der Waals surface area contributed by atoms with Crippen molar-refractivity contribution in [1.82, 2.24) is 0 Å². The molecule has 1 aliphatic heterocycles. The number of rotatable bonds is 0. The average Bonchev–Trinajstić information content (AvgIpc) is 2.36. The Labute approximate surface area is 67.8 Å². The molecule has 0 spiro atoms. The van der Waals surface area contributed by atoms with Crippen LogP contribution in [0.4, 0.5) is 0 Å². The Bertz CT molecular complexity index is 140. The monoisotopic (exact) mass is 156 g/mol. The molecule has 2 aliphatic rings. The van der Waals surface area contributed by atoms with Gasteiger partial charge < -0.3 is 0 Å². The zero-order chi connectivity index (χ0) is 7.19. The van der Waals surface area contributed by atoms with E-state index in [1.807, 2.05) is 0 Å². The smallest absolute Gasteiger partial charge is 0.00809 e. The van der Waals surface area contributed by atoms with Crippen LogP contribution in [-0.4, -0.2) is 11.0 Å². The van der Waals surface area contributed by atoms with Gasteiger partial charge in [-0.15, -0.1) is 0 Å². The average molecular weight is 156 g/mol. The molecule has 0 aromatic rings. The SMILES string of the molecule is CC1(C)CSC2CCCC21. The maximum Gasteiger partial charge on any atom is 0.00809 e. The minimum atomic E-state index is 0.659. The highest BCUT2D eigenvalue weighted by atomic mass is 32.2. The summed E-state index contributed by atoms with van der Waals surface area (Å²) in [6, 6.07) is 0. The van der Waals surface area contributed by atoms with Crippen molar-refractivity contribution in [3.05, 3.63) is 0 Å². The molecule has 2 unspecified atom stereocenters. The van der Waals surface area contributed by atoms with Crippen molar-refractivity contribution in [2.45, 2.75) is 38.4 Å². The van der Waals surface area contributed by atoms with Crippen LogP contribution in [0, 0.1) is 11.3 Å². The lowest BCUT2D eigenvalue weighted by Crippen LogP contribution is -2.22. The lowest BCUT2D eigenvalue weighted by Gasteiger charge is -2.24. The minimum Gasteiger partial charge on any atom is -0.158 e. The van der Waals surface area contributed by atoms with Gasteiger partial charge in [0, 0.05) is 5.25 Å². The molecule has 2 atom stereocenters.